The van der Waals surface area contributed by atoms with Gasteiger partial charge in [-0.15, -0.1) is 11.6 Å². The maximum absolute atomic E-state index is 11.6. The van der Waals surface area contributed by atoms with Crippen LogP contribution in [0.4, 0.5) is 0 Å². The van der Waals surface area contributed by atoms with Gasteiger partial charge >= 0.3 is 0 Å². The SMILES string of the molecule is COCc1ccccc1CNC(=O)CCCCCl. The van der Waals surface area contributed by atoms with E-state index in [-0.39, 0.29) is 5.91 Å². The van der Waals surface area contributed by atoms with Crippen LogP contribution in [0.15, 0.2) is 24.3 Å². The Kier molecular flexibility index (Phi) is 7.46. The van der Waals surface area contributed by atoms with E-state index >= 15 is 0 Å². The van der Waals surface area contributed by atoms with Crippen molar-refractivity contribution in [2.45, 2.75) is 32.4 Å². The second-order valence-electron chi connectivity index (χ2n) is 4.12. The molecule has 0 fully saturated rings. The Morgan fingerprint density at radius 2 is 2.00 bits per heavy atom. The summed E-state index contributed by atoms with van der Waals surface area (Å²) in [5, 5.41) is 2.92. The molecule has 0 aliphatic rings. The lowest BCUT2D eigenvalue weighted by atomic mass is 10.1. The van der Waals surface area contributed by atoms with Gasteiger partial charge in [-0.1, -0.05) is 24.3 Å². The fourth-order valence-electron chi connectivity index (χ4n) is 1.69. The van der Waals surface area contributed by atoms with Crippen molar-refractivity contribution in [1.82, 2.24) is 5.32 Å². The molecular formula is C14H20ClNO2. The summed E-state index contributed by atoms with van der Waals surface area (Å²) in [7, 11) is 1.67. The summed E-state index contributed by atoms with van der Waals surface area (Å²) in [5.74, 6) is 0.691. The third kappa shape index (κ3) is 5.52. The number of alkyl halides is 1. The first-order chi connectivity index (χ1) is 8.77. The van der Waals surface area contributed by atoms with E-state index < -0.39 is 0 Å². The summed E-state index contributed by atoms with van der Waals surface area (Å²) in [5.41, 5.74) is 2.21. The van der Waals surface area contributed by atoms with Gasteiger partial charge in [0.15, 0.2) is 0 Å². The van der Waals surface area contributed by atoms with Gasteiger partial charge in [0.05, 0.1) is 6.61 Å². The summed E-state index contributed by atoms with van der Waals surface area (Å²) in [6, 6.07) is 7.96. The van der Waals surface area contributed by atoms with Crippen molar-refractivity contribution < 1.29 is 9.53 Å². The van der Waals surface area contributed by atoms with Gasteiger partial charge in [0.1, 0.15) is 0 Å². The lowest BCUT2D eigenvalue weighted by Crippen LogP contribution is -2.23. The number of amides is 1. The fraction of sp³-hybridized carbons (Fsp3) is 0.500. The number of methoxy groups -OCH3 is 1. The maximum Gasteiger partial charge on any atom is 0.220 e. The minimum absolute atomic E-state index is 0.0762. The molecule has 0 aromatic heterocycles. The lowest BCUT2D eigenvalue weighted by Gasteiger charge is -2.10. The highest BCUT2D eigenvalue weighted by Gasteiger charge is 2.04. The molecule has 0 saturated heterocycles. The van der Waals surface area contributed by atoms with Crippen molar-refractivity contribution in [3.63, 3.8) is 0 Å². The quantitative estimate of drug-likeness (QED) is 0.582. The van der Waals surface area contributed by atoms with E-state index in [1.165, 1.54) is 0 Å². The summed E-state index contributed by atoms with van der Waals surface area (Å²) < 4.78 is 5.13. The minimum Gasteiger partial charge on any atom is -0.380 e. The summed E-state index contributed by atoms with van der Waals surface area (Å²) in [4.78, 5) is 11.6. The van der Waals surface area contributed by atoms with Crippen LogP contribution >= 0.6 is 11.6 Å². The van der Waals surface area contributed by atoms with Gasteiger partial charge in [-0.2, -0.15) is 0 Å². The van der Waals surface area contributed by atoms with E-state index in [0.717, 1.165) is 24.0 Å². The molecule has 18 heavy (non-hydrogen) atoms. The van der Waals surface area contributed by atoms with Crippen LogP contribution in [0.3, 0.4) is 0 Å². The molecule has 0 spiro atoms. The van der Waals surface area contributed by atoms with E-state index in [1.54, 1.807) is 7.11 Å². The van der Waals surface area contributed by atoms with Gasteiger partial charge in [-0.25, -0.2) is 0 Å². The van der Waals surface area contributed by atoms with Crippen LogP contribution in [-0.2, 0) is 22.7 Å². The lowest BCUT2D eigenvalue weighted by molar-refractivity contribution is -0.121. The standard InChI is InChI=1S/C14H20ClNO2/c1-18-11-13-7-3-2-6-12(13)10-16-14(17)8-4-5-9-15/h2-3,6-7H,4-5,8-11H2,1H3,(H,16,17). The van der Waals surface area contributed by atoms with E-state index in [9.17, 15) is 4.79 Å². The predicted octanol–water partition coefficient (Wildman–Crippen LogP) is 2.86. The zero-order valence-corrected chi connectivity index (χ0v) is 11.5. The number of rotatable bonds is 8. The summed E-state index contributed by atoms with van der Waals surface area (Å²) >= 11 is 5.57. The van der Waals surface area contributed by atoms with Crippen LogP contribution < -0.4 is 5.32 Å². The Hall–Kier alpha value is -1.06. The topological polar surface area (TPSA) is 38.3 Å². The van der Waals surface area contributed by atoms with Crippen molar-refractivity contribution in [2.24, 2.45) is 0 Å². The van der Waals surface area contributed by atoms with E-state index in [1.807, 2.05) is 24.3 Å². The monoisotopic (exact) mass is 269 g/mol. The number of carbonyl (C=O) groups excluding carboxylic acids is 1. The molecule has 0 radical (unpaired) electrons. The van der Waals surface area contributed by atoms with Crippen molar-refractivity contribution in [1.29, 1.82) is 0 Å². The summed E-state index contributed by atoms with van der Waals surface area (Å²) in [6.07, 6.45) is 2.27. The number of nitrogens with one attached hydrogen (secondary N) is 1. The largest absolute Gasteiger partial charge is 0.380 e. The number of halogens is 1. The fourth-order valence-corrected chi connectivity index (χ4v) is 1.88. The van der Waals surface area contributed by atoms with Crippen LogP contribution in [-0.4, -0.2) is 18.9 Å². The number of carbonyl (C=O) groups is 1. The van der Waals surface area contributed by atoms with Gasteiger partial charge in [-0.05, 0) is 24.0 Å². The number of unbranched alkanes of at least 4 members (excludes halogenated alkanes) is 1. The summed E-state index contributed by atoms with van der Waals surface area (Å²) in [6.45, 7) is 1.12. The molecule has 0 unspecified atom stereocenters. The molecule has 100 valence electrons. The second-order valence-corrected chi connectivity index (χ2v) is 4.50. The number of hydrogen-bond donors (Lipinski definition) is 1. The highest BCUT2D eigenvalue weighted by Crippen LogP contribution is 2.09. The molecule has 0 aliphatic heterocycles. The Labute approximate surface area is 113 Å². The zero-order chi connectivity index (χ0) is 13.2. The number of ether oxygens (including phenoxy) is 1. The van der Waals surface area contributed by atoms with Crippen LogP contribution in [0.5, 0.6) is 0 Å². The first kappa shape index (κ1) is 15.0. The third-order valence-electron chi connectivity index (χ3n) is 2.68. The Morgan fingerprint density at radius 1 is 1.28 bits per heavy atom. The van der Waals surface area contributed by atoms with Crippen LogP contribution in [0.25, 0.3) is 0 Å². The molecule has 1 amide bonds. The minimum atomic E-state index is 0.0762. The van der Waals surface area contributed by atoms with Crippen LogP contribution in [0.2, 0.25) is 0 Å². The maximum atomic E-state index is 11.6. The van der Waals surface area contributed by atoms with E-state index in [2.05, 4.69) is 5.32 Å². The highest BCUT2D eigenvalue weighted by atomic mass is 35.5. The van der Waals surface area contributed by atoms with Gasteiger partial charge in [-0.3, -0.25) is 4.79 Å². The molecule has 0 heterocycles. The molecule has 1 aromatic rings. The Bertz CT molecular complexity index is 369. The zero-order valence-electron chi connectivity index (χ0n) is 10.7. The molecule has 1 rings (SSSR count). The normalized spacial score (nSPS) is 10.3. The Balaban J connectivity index is 2.40. The van der Waals surface area contributed by atoms with E-state index in [0.29, 0.717) is 25.5 Å². The molecule has 1 aromatic carbocycles. The third-order valence-corrected chi connectivity index (χ3v) is 2.95. The van der Waals surface area contributed by atoms with Gasteiger partial charge in [0.2, 0.25) is 5.91 Å². The number of hydrogen-bond acceptors (Lipinski definition) is 2. The van der Waals surface area contributed by atoms with Crippen molar-refractivity contribution >= 4 is 17.5 Å². The molecule has 0 bridgehead atoms. The van der Waals surface area contributed by atoms with Gasteiger partial charge in [0, 0.05) is 26.0 Å². The molecule has 0 saturated carbocycles. The molecule has 3 nitrogen and oxygen atoms in total. The van der Waals surface area contributed by atoms with Crippen LogP contribution in [0, 0.1) is 0 Å². The first-order valence-electron chi connectivity index (χ1n) is 6.16. The number of benzene rings is 1. The van der Waals surface area contributed by atoms with E-state index in [4.69, 9.17) is 16.3 Å². The van der Waals surface area contributed by atoms with Crippen LogP contribution in [0.1, 0.15) is 30.4 Å². The molecule has 0 atom stereocenters. The highest BCUT2D eigenvalue weighted by molar-refractivity contribution is 6.17. The molecule has 1 N–H and O–H groups in total. The molecular weight excluding hydrogens is 250 g/mol. The Morgan fingerprint density at radius 3 is 2.67 bits per heavy atom. The second kappa shape index (κ2) is 8.95. The average Bonchev–Trinajstić information content (AvgIpc) is 2.38. The van der Waals surface area contributed by atoms with Crippen molar-refractivity contribution in [2.75, 3.05) is 13.0 Å². The molecule has 4 heteroatoms. The van der Waals surface area contributed by atoms with Gasteiger partial charge < -0.3 is 10.1 Å². The van der Waals surface area contributed by atoms with Crippen molar-refractivity contribution in [3.8, 4) is 0 Å². The predicted molar refractivity (Wildman–Crippen MR) is 73.6 cm³/mol. The first-order valence-corrected chi connectivity index (χ1v) is 6.69. The molecule has 0 aliphatic carbocycles. The smallest absolute Gasteiger partial charge is 0.220 e. The van der Waals surface area contributed by atoms with Crippen molar-refractivity contribution in [3.05, 3.63) is 35.4 Å². The average molecular weight is 270 g/mol. The van der Waals surface area contributed by atoms with Gasteiger partial charge in [0.25, 0.3) is 0 Å².